The fourth-order valence-electron chi connectivity index (χ4n) is 1.91. The van der Waals surface area contributed by atoms with Crippen molar-refractivity contribution in [1.82, 2.24) is 0 Å². The third-order valence-corrected chi connectivity index (χ3v) is 2.93. The lowest BCUT2D eigenvalue weighted by atomic mass is 9.84. The molecule has 0 aliphatic heterocycles. The van der Waals surface area contributed by atoms with E-state index < -0.39 is 0 Å². The van der Waals surface area contributed by atoms with Crippen LogP contribution in [0.2, 0.25) is 0 Å². The van der Waals surface area contributed by atoms with Crippen LogP contribution in [0, 0.1) is 0 Å². The molecule has 0 aromatic heterocycles. The van der Waals surface area contributed by atoms with Gasteiger partial charge in [-0.1, -0.05) is 26.8 Å². The van der Waals surface area contributed by atoms with Gasteiger partial charge in [-0.15, -0.1) is 0 Å². The van der Waals surface area contributed by atoms with Crippen LogP contribution in [0.1, 0.15) is 45.2 Å². The average Bonchev–Trinajstić information content (AvgIpc) is 2.29. The number of ether oxygens (including phenoxy) is 1. The van der Waals surface area contributed by atoms with Crippen LogP contribution in [-0.2, 0) is 21.4 Å². The maximum Gasteiger partial charge on any atom is 0.306 e. The Morgan fingerprint density at radius 1 is 1.37 bits per heavy atom. The highest BCUT2D eigenvalue weighted by molar-refractivity contribution is 5.70. The molecule has 0 atom stereocenters. The second kappa shape index (κ2) is 5.95. The number of hydrogen-bond donors (Lipinski definition) is 2. The number of anilines is 1. The number of phenolic OH excluding ortho intramolecular Hbond substituents is 1. The number of carbonyl (C=O) groups excluding carboxylic acids is 1. The Hall–Kier alpha value is -1.71. The maximum atomic E-state index is 11.3. The fourth-order valence-corrected chi connectivity index (χ4v) is 1.91. The van der Waals surface area contributed by atoms with Gasteiger partial charge in [0, 0.05) is 12.0 Å². The third kappa shape index (κ3) is 4.16. The summed E-state index contributed by atoms with van der Waals surface area (Å²) in [6.07, 6.45) is 0.883. The smallest absolute Gasteiger partial charge is 0.306 e. The van der Waals surface area contributed by atoms with Crippen molar-refractivity contribution < 1.29 is 14.6 Å². The first-order valence-corrected chi connectivity index (χ1v) is 6.53. The number of nitrogen functional groups attached to an aromatic ring is 1. The molecule has 0 amide bonds. The molecule has 3 N–H and O–H groups in total. The molecule has 0 unspecified atom stereocenters. The van der Waals surface area contributed by atoms with E-state index in [0.29, 0.717) is 25.1 Å². The summed E-state index contributed by atoms with van der Waals surface area (Å²) in [6, 6.07) is 3.62. The van der Waals surface area contributed by atoms with Crippen LogP contribution in [0.25, 0.3) is 0 Å². The summed E-state index contributed by atoms with van der Waals surface area (Å²) in [7, 11) is 0. The van der Waals surface area contributed by atoms with Gasteiger partial charge in [0.25, 0.3) is 0 Å². The van der Waals surface area contributed by atoms with Gasteiger partial charge in [0.1, 0.15) is 5.75 Å². The van der Waals surface area contributed by atoms with Crippen molar-refractivity contribution in [2.24, 2.45) is 0 Å². The minimum atomic E-state index is -0.216. The van der Waals surface area contributed by atoms with Crippen molar-refractivity contribution in [3.8, 4) is 5.75 Å². The number of benzene rings is 1. The van der Waals surface area contributed by atoms with Crippen LogP contribution in [0.5, 0.6) is 5.75 Å². The van der Waals surface area contributed by atoms with Gasteiger partial charge < -0.3 is 15.6 Å². The molecule has 4 heteroatoms. The Morgan fingerprint density at radius 3 is 2.53 bits per heavy atom. The first-order valence-electron chi connectivity index (χ1n) is 6.53. The molecule has 0 saturated heterocycles. The van der Waals surface area contributed by atoms with E-state index in [4.69, 9.17) is 10.5 Å². The average molecular weight is 265 g/mol. The van der Waals surface area contributed by atoms with Crippen molar-refractivity contribution in [3.63, 3.8) is 0 Å². The summed E-state index contributed by atoms with van der Waals surface area (Å²) in [5, 5.41) is 10.0. The Kier molecular flexibility index (Phi) is 4.81. The lowest BCUT2D eigenvalue weighted by Crippen LogP contribution is -2.13. The number of nitrogens with two attached hydrogens (primary N) is 1. The topological polar surface area (TPSA) is 72.5 Å². The fraction of sp³-hybridized carbons (Fsp3) is 0.533. The van der Waals surface area contributed by atoms with Gasteiger partial charge in [-0.3, -0.25) is 4.79 Å². The van der Waals surface area contributed by atoms with Crippen LogP contribution in [0.4, 0.5) is 5.69 Å². The first kappa shape index (κ1) is 15.3. The van der Waals surface area contributed by atoms with Crippen LogP contribution in [0.3, 0.4) is 0 Å². The molecule has 0 aliphatic rings. The summed E-state index contributed by atoms with van der Waals surface area (Å²) < 4.78 is 4.90. The van der Waals surface area contributed by atoms with Crippen molar-refractivity contribution in [2.75, 3.05) is 12.3 Å². The van der Waals surface area contributed by atoms with Gasteiger partial charge in [-0.05, 0) is 30.4 Å². The molecule has 1 rings (SSSR count). The van der Waals surface area contributed by atoms with Crippen molar-refractivity contribution >= 4 is 11.7 Å². The molecule has 0 fully saturated rings. The quantitative estimate of drug-likeness (QED) is 0.499. The molecule has 0 heterocycles. The second-order valence-electron chi connectivity index (χ2n) is 5.64. The Balaban J connectivity index is 2.92. The molecule has 0 aliphatic carbocycles. The zero-order valence-electron chi connectivity index (χ0n) is 12.1. The summed E-state index contributed by atoms with van der Waals surface area (Å²) in [6.45, 7) is 8.21. The van der Waals surface area contributed by atoms with Gasteiger partial charge in [-0.25, -0.2) is 0 Å². The predicted molar refractivity (Wildman–Crippen MR) is 76.2 cm³/mol. The highest BCUT2D eigenvalue weighted by atomic mass is 16.5. The molecule has 0 saturated carbocycles. The van der Waals surface area contributed by atoms with Crippen molar-refractivity contribution in [1.29, 1.82) is 0 Å². The first-order chi connectivity index (χ1) is 8.75. The van der Waals surface area contributed by atoms with E-state index in [2.05, 4.69) is 0 Å². The number of aryl methyl sites for hydroxylation is 1. The molecule has 19 heavy (non-hydrogen) atoms. The minimum Gasteiger partial charge on any atom is -0.505 e. The van der Waals surface area contributed by atoms with E-state index in [-0.39, 0.29) is 17.1 Å². The lowest BCUT2D eigenvalue weighted by Gasteiger charge is -2.22. The summed E-state index contributed by atoms with van der Waals surface area (Å²) in [5.74, 6) is -0.0844. The van der Waals surface area contributed by atoms with Crippen LogP contribution in [0.15, 0.2) is 12.1 Å². The molecule has 0 radical (unpaired) electrons. The monoisotopic (exact) mass is 265 g/mol. The van der Waals surface area contributed by atoms with Crippen LogP contribution >= 0.6 is 0 Å². The van der Waals surface area contributed by atoms with Gasteiger partial charge in [0.2, 0.25) is 0 Å². The van der Waals surface area contributed by atoms with E-state index in [1.165, 1.54) is 0 Å². The molecule has 4 nitrogen and oxygen atoms in total. The normalized spacial score (nSPS) is 11.4. The Morgan fingerprint density at radius 2 is 2.00 bits per heavy atom. The van der Waals surface area contributed by atoms with E-state index in [9.17, 15) is 9.90 Å². The molecular formula is C15H23NO3. The molecule has 0 spiro atoms. The largest absolute Gasteiger partial charge is 0.505 e. The number of hydrogen-bond acceptors (Lipinski definition) is 4. The highest BCUT2D eigenvalue weighted by Crippen LogP contribution is 2.36. The third-order valence-electron chi connectivity index (χ3n) is 2.93. The summed E-state index contributed by atoms with van der Waals surface area (Å²) in [5.41, 5.74) is 7.71. The molecular weight excluding hydrogens is 242 g/mol. The maximum absolute atomic E-state index is 11.3. The van der Waals surface area contributed by atoms with Crippen molar-refractivity contribution in [3.05, 3.63) is 23.3 Å². The molecule has 106 valence electrons. The number of esters is 1. The van der Waals surface area contributed by atoms with Gasteiger partial charge in [-0.2, -0.15) is 0 Å². The van der Waals surface area contributed by atoms with Crippen molar-refractivity contribution in [2.45, 2.75) is 46.0 Å². The Labute approximate surface area is 114 Å². The number of rotatable bonds is 4. The van der Waals surface area contributed by atoms with E-state index in [1.54, 1.807) is 13.0 Å². The van der Waals surface area contributed by atoms with Crippen LogP contribution < -0.4 is 5.73 Å². The highest BCUT2D eigenvalue weighted by Gasteiger charge is 2.20. The minimum absolute atomic E-state index is 0.132. The Bertz CT molecular complexity index is 461. The summed E-state index contributed by atoms with van der Waals surface area (Å²) in [4.78, 5) is 11.3. The predicted octanol–water partition coefficient (Wildman–Crippen LogP) is 2.77. The SMILES string of the molecule is CCOC(=O)CCc1cc(N)c(O)c(C(C)(C)C)c1. The summed E-state index contributed by atoms with van der Waals surface area (Å²) >= 11 is 0. The van der Waals surface area contributed by atoms with Gasteiger partial charge in [0.05, 0.1) is 12.3 Å². The number of aromatic hydroxyl groups is 1. The molecule has 0 bridgehead atoms. The molecule has 1 aromatic carbocycles. The zero-order valence-corrected chi connectivity index (χ0v) is 12.1. The number of phenols is 1. The van der Waals surface area contributed by atoms with E-state index in [0.717, 1.165) is 11.1 Å². The zero-order chi connectivity index (χ0) is 14.6. The van der Waals surface area contributed by atoms with Gasteiger partial charge >= 0.3 is 5.97 Å². The number of carbonyl (C=O) groups is 1. The van der Waals surface area contributed by atoms with Crippen LogP contribution in [-0.4, -0.2) is 17.7 Å². The van der Waals surface area contributed by atoms with E-state index >= 15 is 0 Å². The molecule has 1 aromatic rings. The van der Waals surface area contributed by atoms with E-state index in [1.807, 2.05) is 26.8 Å². The second-order valence-corrected chi connectivity index (χ2v) is 5.64. The standard InChI is InChI=1S/C15H23NO3/c1-5-19-13(17)7-6-10-8-11(15(2,3)4)14(18)12(16)9-10/h8-9,18H,5-7,16H2,1-4H3. The van der Waals surface area contributed by atoms with Gasteiger partial charge in [0.15, 0.2) is 0 Å². The lowest BCUT2D eigenvalue weighted by molar-refractivity contribution is -0.143.